The number of nitrogens with zero attached hydrogens (tertiary/aromatic N) is 7. The topological polar surface area (TPSA) is 133 Å². The van der Waals surface area contributed by atoms with Crippen molar-refractivity contribution in [1.82, 2.24) is 40.1 Å². The molecule has 1 atom stereocenters. The molecule has 0 radical (unpaired) electrons. The second kappa shape index (κ2) is 16.5. The van der Waals surface area contributed by atoms with Crippen molar-refractivity contribution in [3.63, 3.8) is 0 Å². The highest BCUT2D eigenvalue weighted by molar-refractivity contribution is 5.92. The Hall–Kier alpha value is -4.76. The van der Waals surface area contributed by atoms with Crippen LogP contribution in [0.25, 0.3) is 5.69 Å². The second-order valence-corrected chi connectivity index (χ2v) is 9.89. The number of rotatable bonds is 14. The van der Waals surface area contributed by atoms with Gasteiger partial charge in [0.15, 0.2) is 0 Å². The quantitative estimate of drug-likeness (QED) is 0.151. The van der Waals surface area contributed by atoms with Gasteiger partial charge < -0.3 is 25.8 Å². The molecule has 1 aromatic carbocycles. The fourth-order valence-corrected chi connectivity index (χ4v) is 3.63. The molecule has 0 fully saturated rings. The molecule has 12 nitrogen and oxygen atoms in total. The van der Waals surface area contributed by atoms with E-state index in [1.165, 1.54) is 11.0 Å². The van der Waals surface area contributed by atoms with Gasteiger partial charge in [-0.15, -0.1) is 5.10 Å². The van der Waals surface area contributed by atoms with E-state index in [0.717, 1.165) is 24.3 Å². The first kappa shape index (κ1) is 31.8. The van der Waals surface area contributed by atoms with Crippen molar-refractivity contribution < 1.29 is 9.59 Å². The van der Waals surface area contributed by atoms with E-state index in [-0.39, 0.29) is 11.8 Å². The fourth-order valence-electron chi connectivity index (χ4n) is 3.63. The lowest BCUT2D eigenvalue weighted by atomic mass is 10.2. The number of amides is 2. The van der Waals surface area contributed by atoms with Crippen LogP contribution in [0.2, 0.25) is 0 Å². The number of likely N-dealkylation sites (N-methyl/N-ethyl adjacent to an activating group) is 2. The predicted molar refractivity (Wildman–Crippen MR) is 165 cm³/mol. The van der Waals surface area contributed by atoms with E-state index in [1.807, 2.05) is 43.3 Å². The first-order valence-corrected chi connectivity index (χ1v) is 14.0. The molecule has 2 aromatic heterocycles. The van der Waals surface area contributed by atoms with E-state index in [4.69, 9.17) is 0 Å². The Labute approximate surface area is 247 Å². The van der Waals surface area contributed by atoms with Crippen molar-refractivity contribution in [3.05, 3.63) is 60.6 Å². The lowest BCUT2D eigenvalue weighted by Gasteiger charge is -2.23. The largest absolute Gasteiger partial charge is 0.369 e. The molecular formula is C30H40N10O2. The summed E-state index contributed by atoms with van der Waals surface area (Å²) in [6.45, 7) is 5.67. The minimum Gasteiger partial charge on any atom is -0.369 e. The molecule has 0 bridgehead atoms. The summed E-state index contributed by atoms with van der Waals surface area (Å²) in [5.74, 6) is 7.02. The third kappa shape index (κ3) is 10.0. The molecule has 3 aromatic rings. The van der Waals surface area contributed by atoms with Gasteiger partial charge >= 0.3 is 0 Å². The average Bonchev–Trinajstić information content (AvgIpc) is 3.53. The van der Waals surface area contributed by atoms with Gasteiger partial charge in [0.05, 0.1) is 29.8 Å². The molecule has 0 aliphatic carbocycles. The van der Waals surface area contributed by atoms with Crippen LogP contribution in [0, 0.1) is 11.8 Å². The van der Waals surface area contributed by atoms with Crippen LogP contribution >= 0.6 is 0 Å². The van der Waals surface area contributed by atoms with Crippen molar-refractivity contribution >= 4 is 29.3 Å². The predicted octanol–water partition coefficient (Wildman–Crippen LogP) is 2.84. The number of unbranched alkanes of at least 4 members (excludes halogenated alkanes) is 1. The summed E-state index contributed by atoms with van der Waals surface area (Å²) in [6.07, 6.45) is 10.6. The number of carbonyl (C=O) groups excluding carboxylic acids is 2. The van der Waals surface area contributed by atoms with E-state index in [9.17, 15) is 9.59 Å². The number of anilines is 3. The third-order valence-electron chi connectivity index (χ3n) is 6.18. The van der Waals surface area contributed by atoms with Crippen LogP contribution in [0.15, 0.2) is 55.0 Å². The van der Waals surface area contributed by atoms with E-state index in [2.05, 4.69) is 55.0 Å². The van der Waals surface area contributed by atoms with Crippen molar-refractivity contribution in [2.24, 2.45) is 0 Å². The summed E-state index contributed by atoms with van der Waals surface area (Å²) in [5, 5.41) is 17.3. The zero-order chi connectivity index (χ0) is 30.3. The lowest BCUT2D eigenvalue weighted by Crippen LogP contribution is -2.45. The molecule has 3 N–H and O–H groups in total. The molecule has 2 amide bonds. The number of nitrogens with one attached hydrogen (secondary N) is 3. The second-order valence-electron chi connectivity index (χ2n) is 9.89. The summed E-state index contributed by atoms with van der Waals surface area (Å²) in [4.78, 5) is 37.2. The number of hydrogen-bond donors (Lipinski definition) is 3. The van der Waals surface area contributed by atoms with Crippen LogP contribution < -0.4 is 16.0 Å². The van der Waals surface area contributed by atoms with Crippen LogP contribution in [-0.2, 0) is 9.59 Å². The van der Waals surface area contributed by atoms with Crippen LogP contribution in [0.5, 0.6) is 0 Å². The highest BCUT2D eigenvalue weighted by Crippen LogP contribution is 2.19. The van der Waals surface area contributed by atoms with Gasteiger partial charge in [-0.1, -0.05) is 30.1 Å². The summed E-state index contributed by atoms with van der Waals surface area (Å²) >= 11 is 0. The highest BCUT2D eigenvalue weighted by atomic mass is 16.2. The van der Waals surface area contributed by atoms with Crippen molar-refractivity contribution in [1.29, 1.82) is 0 Å². The molecule has 12 heteroatoms. The number of aromatic nitrogens is 5. The zero-order valence-electron chi connectivity index (χ0n) is 25.0. The highest BCUT2D eigenvalue weighted by Gasteiger charge is 2.20. The molecule has 0 saturated heterocycles. The molecule has 0 aliphatic heterocycles. The fraction of sp³-hybridized carbons (Fsp3) is 0.400. The van der Waals surface area contributed by atoms with Crippen LogP contribution in [0.4, 0.5) is 17.5 Å². The van der Waals surface area contributed by atoms with Gasteiger partial charge in [-0.2, -0.15) is 4.98 Å². The Morgan fingerprint density at radius 1 is 1.14 bits per heavy atom. The van der Waals surface area contributed by atoms with Gasteiger partial charge in [0.1, 0.15) is 11.9 Å². The van der Waals surface area contributed by atoms with Crippen molar-refractivity contribution in [2.75, 3.05) is 51.4 Å². The van der Waals surface area contributed by atoms with Gasteiger partial charge in [-0.3, -0.25) is 9.59 Å². The molecule has 42 heavy (non-hydrogen) atoms. The maximum atomic E-state index is 12.5. The third-order valence-corrected chi connectivity index (χ3v) is 6.18. The van der Waals surface area contributed by atoms with Gasteiger partial charge in [0.2, 0.25) is 17.8 Å². The number of carbonyl (C=O) groups is 2. The minimum atomic E-state index is -0.573. The van der Waals surface area contributed by atoms with Gasteiger partial charge in [-0.05, 0) is 58.1 Å². The maximum Gasteiger partial charge on any atom is 0.246 e. The van der Waals surface area contributed by atoms with E-state index >= 15 is 0 Å². The molecule has 3 rings (SSSR count). The summed E-state index contributed by atoms with van der Waals surface area (Å²) in [7, 11) is 5.47. The van der Waals surface area contributed by atoms with Gasteiger partial charge in [-0.25, -0.2) is 9.67 Å². The Morgan fingerprint density at radius 3 is 2.62 bits per heavy atom. The minimum absolute atomic E-state index is 0.199. The zero-order valence-corrected chi connectivity index (χ0v) is 25.0. The molecule has 2 heterocycles. The van der Waals surface area contributed by atoms with E-state index < -0.39 is 6.04 Å². The normalized spacial score (nSPS) is 11.6. The average molecular weight is 573 g/mol. The Kier molecular flexibility index (Phi) is 12.5. The Bertz CT molecular complexity index is 1380. The monoisotopic (exact) mass is 572 g/mol. The summed E-state index contributed by atoms with van der Waals surface area (Å²) < 4.78 is 1.68. The number of hydrogen-bond acceptors (Lipinski definition) is 9. The number of benzene rings is 1. The van der Waals surface area contributed by atoms with Crippen LogP contribution in [0.1, 0.15) is 38.7 Å². The Balaban J connectivity index is 1.50. The smallest absolute Gasteiger partial charge is 0.246 e. The SMILES string of the molecule is CCCNc1nc(Nc2ccc(-n3ccnn3)cc2)ncc1C#CCCCNC(=O)[C@H](C)N(C)C(=O)C=CCN(C)C. The molecule has 0 unspecified atom stereocenters. The maximum absolute atomic E-state index is 12.5. The lowest BCUT2D eigenvalue weighted by molar-refractivity contribution is -0.135. The molecular weight excluding hydrogens is 532 g/mol. The molecule has 0 aliphatic rings. The van der Waals surface area contributed by atoms with E-state index in [1.54, 1.807) is 43.3 Å². The van der Waals surface area contributed by atoms with E-state index in [0.29, 0.717) is 43.3 Å². The van der Waals surface area contributed by atoms with Crippen LogP contribution in [-0.4, -0.2) is 93.4 Å². The molecule has 222 valence electrons. The molecule has 0 saturated carbocycles. The Morgan fingerprint density at radius 2 is 1.93 bits per heavy atom. The van der Waals surface area contributed by atoms with Gasteiger partial charge in [0, 0.05) is 44.9 Å². The van der Waals surface area contributed by atoms with Gasteiger partial charge in [0.25, 0.3) is 0 Å². The standard InChI is InChI=1S/C30H40N10O2/c1-6-17-31-28-24(22-33-30(36-28)35-25-13-15-26(16-14-25)40-21-19-34-37-40)11-8-7-9-18-32-29(42)23(2)39(5)27(41)12-10-20-38(3)4/h10,12-16,19,21-23H,6-7,9,17-18,20H2,1-5H3,(H,32,42)(H2,31,33,35,36)/t23-/m0/s1. The first-order chi connectivity index (χ1) is 20.3. The summed E-state index contributed by atoms with van der Waals surface area (Å²) in [6, 6.07) is 7.13. The van der Waals surface area contributed by atoms with Crippen LogP contribution in [0.3, 0.4) is 0 Å². The summed E-state index contributed by atoms with van der Waals surface area (Å²) in [5.41, 5.74) is 2.44. The molecule has 0 spiro atoms. The van der Waals surface area contributed by atoms with Crippen molar-refractivity contribution in [3.8, 4) is 17.5 Å². The first-order valence-electron chi connectivity index (χ1n) is 14.0. The van der Waals surface area contributed by atoms with Crippen molar-refractivity contribution in [2.45, 2.75) is 39.2 Å².